The van der Waals surface area contributed by atoms with Gasteiger partial charge in [0.25, 0.3) is 5.91 Å². The van der Waals surface area contributed by atoms with Crippen LogP contribution < -0.4 is 5.32 Å². The molecule has 1 aromatic heterocycles. The number of anilines is 1. The molecule has 0 radical (unpaired) electrons. The van der Waals surface area contributed by atoms with Gasteiger partial charge in [0, 0.05) is 34.0 Å². The Morgan fingerprint density at radius 3 is 2.54 bits per heavy atom. The third-order valence-corrected chi connectivity index (χ3v) is 5.71. The molecule has 4 rings (SSSR count). The second-order valence-electron chi connectivity index (χ2n) is 6.32. The summed E-state index contributed by atoms with van der Waals surface area (Å²) < 4.78 is 20.4. The van der Waals surface area contributed by atoms with E-state index in [1.54, 1.807) is 6.07 Å². The van der Waals surface area contributed by atoms with Gasteiger partial charge in [0.2, 0.25) is 0 Å². The number of hydrogen-bond acceptors (Lipinski definition) is 3. The molecule has 140 valence electrons. The number of hydrogen-bond donors (Lipinski definition) is 1. The number of rotatable bonds is 5. The van der Waals surface area contributed by atoms with E-state index < -0.39 is 0 Å². The van der Waals surface area contributed by atoms with E-state index in [-0.39, 0.29) is 18.3 Å². The SMILES string of the molecule is COCc1c(C(=O)Nc2ccccc2-c2ccccc2)sc2cccc(F)c12. The number of amides is 1. The number of carbonyl (C=O) groups excluding carboxylic acids is 1. The van der Waals surface area contributed by atoms with Crippen molar-refractivity contribution in [1.82, 2.24) is 0 Å². The van der Waals surface area contributed by atoms with E-state index in [1.165, 1.54) is 24.5 Å². The van der Waals surface area contributed by atoms with Gasteiger partial charge in [0.15, 0.2) is 0 Å². The summed E-state index contributed by atoms with van der Waals surface area (Å²) in [5.74, 6) is -0.611. The van der Waals surface area contributed by atoms with Crippen molar-refractivity contribution in [2.75, 3.05) is 12.4 Å². The van der Waals surface area contributed by atoms with E-state index in [1.807, 2.05) is 60.7 Å². The minimum atomic E-state index is -0.343. The normalized spacial score (nSPS) is 10.9. The third-order valence-electron chi connectivity index (χ3n) is 4.52. The summed E-state index contributed by atoms with van der Waals surface area (Å²) in [6.07, 6.45) is 0. The highest BCUT2D eigenvalue weighted by Crippen LogP contribution is 2.35. The zero-order chi connectivity index (χ0) is 19.5. The number of thiophene rings is 1. The van der Waals surface area contributed by atoms with Crippen molar-refractivity contribution < 1.29 is 13.9 Å². The van der Waals surface area contributed by atoms with Crippen molar-refractivity contribution in [3.63, 3.8) is 0 Å². The van der Waals surface area contributed by atoms with Crippen LogP contribution in [0, 0.1) is 5.82 Å². The van der Waals surface area contributed by atoms with Crippen LogP contribution in [0.5, 0.6) is 0 Å². The summed E-state index contributed by atoms with van der Waals surface area (Å²) in [5.41, 5.74) is 3.23. The van der Waals surface area contributed by atoms with E-state index >= 15 is 0 Å². The second kappa shape index (κ2) is 7.92. The molecule has 1 heterocycles. The standard InChI is InChI=1S/C23H18FNO2S/c1-27-14-17-21-18(24)11-7-13-20(21)28-22(17)23(26)25-19-12-6-5-10-16(19)15-8-3-2-4-9-15/h2-13H,14H2,1H3,(H,25,26). The minimum absolute atomic E-state index is 0.171. The summed E-state index contributed by atoms with van der Waals surface area (Å²) in [5, 5.41) is 3.45. The molecular formula is C23H18FNO2S. The fourth-order valence-electron chi connectivity index (χ4n) is 3.27. The van der Waals surface area contributed by atoms with Gasteiger partial charge in [0.1, 0.15) is 5.82 Å². The molecule has 3 nitrogen and oxygen atoms in total. The Hall–Kier alpha value is -3.02. The van der Waals surface area contributed by atoms with E-state index in [4.69, 9.17) is 4.74 Å². The Morgan fingerprint density at radius 2 is 1.75 bits per heavy atom. The average molecular weight is 391 g/mol. The number of benzene rings is 3. The van der Waals surface area contributed by atoms with Gasteiger partial charge in [0.05, 0.1) is 11.5 Å². The maximum absolute atomic E-state index is 14.4. The molecule has 0 aliphatic heterocycles. The average Bonchev–Trinajstić information content (AvgIpc) is 3.09. The third kappa shape index (κ3) is 3.42. The molecule has 0 aliphatic carbocycles. The van der Waals surface area contributed by atoms with Crippen molar-refractivity contribution in [2.45, 2.75) is 6.61 Å². The molecule has 0 unspecified atom stereocenters. The van der Waals surface area contributed by atoms with Crippen LogP contribution in [0.25, 0.3) is 21.2 Å². The van der Waals surface area contributed by atoms with Crippen LogP contribution in [-0.4, -0.2) is 13.0 Å². The largest absolute Gasteiger partial charge is 0.380 e. The zero-order valence-corrected chi connectivity index (χ0v) is 16.1. The molecule has 1 amide bonds. The molecule has 0 atom stereocenters. The maximum atomic E-state index is 14.4. The summed E-state index contributed by atoms with van der Waals surface area (Å²) in [6, 6.07) is 22.4. The van der Waals surface area contributed by atoms with E-state index in [0.717, 1.165) is 15.8 Å². The van der Waals surface area contributed by atoms with Gasteiger partial charge in [-0.25, -0.2) is 4.39 Å². The molecule has 0 saturated carbocycles. The fourth-order valence-corrected chi connectivity index (χ4v) is 4.39. The predicted molar refractivity (Wildman–Crippen MR) is 112 cm³/mol. The molecular weight excluding hydrogens is 373 g/mol. The molecule has 0 spiro atoms. The molecule has 4 aromatic rings. The summed E-state index contributed by atoms with van der Waals surface area (Å²) in [4.78, 5) is 13.6. The lowest BCUT2D eigenvalue weighted by molar-refractivity contribution is 0.102. The smallest absolute Gasteiger partial charge is 0.266 e. The van der Waals surface area contributed by atoms with E-state index in [2.05, 4.69) is 5.32 Å². The number of ether oxygens (including phenoxy) is 1. The number of para-hydroxylation sites is 1. The number of carbonyl (C=O) groups is 1. The Kier molecular flexibility index (Phi) is 5.19. The highest BCUT2D eigenvalue weighted by molar-refractivity contribution is 7.21. The van der Waals surface area contributed by atoms with Gasteiger partial charge in [-0.1, -0.05) is 54.6 Å². The first kappa shape index (κ1) is 18.3. The van der Waals surface area contributed by atoms with Crippen LogP contribution in [-0.2, 0) is 11.3 Å². The highest BCUT2D eigenvalue weighted by atomic mass is 32.1. The van der Waals surface area contributed by atoms with Gasteiger partial charge < -0.3 is 10.1 Å². The number of methoxy groups -OCH3 is 1. The maximum Gasteiger partial charge on any atom is 0.266 e. The molecule has 5 heteroatoms. The molecule has 28 heavy (non-hydrogen) atoms. The molecule has 0 bridgehead atoms. The molecule has 3 aromatic carbocycles. The van der Waals surface area contributed by atoms with Crippen LogP contribution in [0.2, 0.25) is 0 Å². The molecule has 0 saturated heterocycles. The predicted octanol–water partition coefficient (Wildman–Crippen LogP) is 6.11. The van der Waals surface area contributed by atoms with Gasteiger partial charge in [-0.05, 0) is 23.8 Å². The quantitative estimate of drug-likeness (QED) is 0.446. The topological polar surface area (TPSA) is 38.3 Å². The lowest BCUT2D eigenvalue weighted by Gasteiger charge is -2.11. The van der Waals surface area contributed by atoms with Gasteiger partial charge >= 0.3 is 0 Å². The first-order chi connectivity index (χ1) is 13.7. The Balaban J connectivity index is 1.75. The van der Waals surface area contributed by atoms with Crippen molar-refractivity contribution in [3.05, 3.63) is 89.1 Å². The Morgan fingerprint density at radius 1 is 1.00 bits per heavy atom. The second-order valence-corrected chi connectivity index (χ2v) is 7.37. The molecule has 1 N–H and O–H groups in total. The van der Waals surface area contributed by atoms with Crippen LogP contribution >= 0.6 is 11.3 Å². The van der Waals surface area contributed by atoms with Crippen molar-refractivity contribution in [1.29, 1.82) is 0 Å². The summed E-state index contributed by atoms with van der Waals surface area (Å²) in [6.45, 7) is 0.171. The zero-order valence-electron chi connectivity index (χ0n) is 15.2. The van der Waals surface area contributed by atoms with Crippen LogP contribution in [0.3, 0.4) is 0 Å². The van der Waals surface area contributed by atoms with Crippen LogP contribution in [0.1, 0.15) is 15.2 Å². The Bertz CT molecular complexity index is 1140. The molecule has 0 aliphatic rings. The highest BCUT2D eigenvalue weighted by Gasteiger charge is 2.21. The summed E-state index contributed by atoms with van der Waals surface area (Å²) >= 11 is 1.27. The van der Waals surface area contributed by atoms with Gasteiger partial charge in [-0.15, -0.1) is 11.3 Å². The fraction of sp³-hybridized carbons (Fsp3) is 0.0870. The summed E-state index contributed by atoms with van der Waals surface area (Å²) in [7, 11) is 1.54. The lowest BCUT2D eigenvalue weighted by Crippen LogP contribution is -2.13. The Labute approximate surface area is 166 Å². The molecule has 0 fully saturated rings. The number of halogens is 1. The number of nitrogens with one attached hydrogen (secondary N) is 1. The van der Waals surface area contributed by atoms with Crippen LogP contribution in [0.4, 0.5) is 10.1 Å². The monoisotopic (exact) mass is 391 g/mol. The lowest BCUT2D eigenvalue weighted by atomic mass is 10.0. The van der Waals surface area contributed by atoms with E-state index in [0.29, 0.717) is 21.5 Å². The van der Waals surface area contributed by atoms with Crippen LogP contribution in [0.15, 0.2) is 72.8 Å². The van der Waals surface area contributed by atoms with Gasteiger partial charge in [-0.3, -0.25) is 4.79 Å². The van der Waals surface area contributed by atoms with Crippen molar-refractivity contribution >= 4 is 33.0 Å². The van der Waals surface area contributed by atoms with Gasteiger partial charge in [-0.2, -0.15) is 0 Å². The van der Waals surface area contributed by atoms with Crippen molar-refractivity contribution in [3.8, 4) is 11.1 Å². The first-order valence-corrected chi connectivity index (χ1v) is 9.65. The number of fused-ring (bicyclic) bond motifs is 1. The van der Waals surface area contributed by atoms with E-state index in [9.17, 15) is 9.18 Å². The minimum Gasteiger partial charge on any atom is -0.380 e. The van der Waals surface area contributed by atoms with Crippen molar-refractivity contribution in [2.24, 2.45) is 0 Å². The first-order valence-electron chi connectivity index (χ1n) is 8.83.